The van der Waals surface area contributed by atoms with E-state index in [1.54, 1.807) is 11.1 Å². The fourth-order valence-corrected chi connectivity index (χ4v) is 14.5. The molecule has 0 bridgehead atoms. The number of hydrogen-bond donors (Lipinski definition) is 2. The number of fused-ring (bicyclic) bond motifs is 12. The molecule has 0 spiro atoms. The second-order valence-electron chi connectivity index (χ2n) is 24.5. The SMILES string of the molecule is CCCCCCCCC1(CCCCCCCC)c2ccccc2-c2cc3c(cc21)-c1ccccc1C3(c1ccc(-c2ccnc(-c3cc(C(C)(C)C)[nH]n3)c2)cc1)c1ccc(-c2ccc3c(c2)-c2ccccc2C2NC=CN32)cc1. The number of pyridine rings is 1. The summed E-state index contributed by atoms with van der Waals surface area (Å²) in [5, 5.41) is 11.6. The number of aromatic nitrogens is 3. The predicted octanol–water partition coefficient (Wildman–Crippen LogP) is 19.8. The summed E-state index contributed by atoms with van der Waals surface area (Å²) in [5.41, 5.74) is 25.9. The molecule has 2 aliphatic heterocycles. The molecule has 402 valence electrons. The smallest absolute Gasteiger partial charge is 0.130 e. The van der Waals surface area contributed by atoms with E-state index in [-0.39, 0.29) is 17.0 Å². The van der Waals surface area contributed by atoms with Crippen molar-refractivity contribution in [1.82, 2.24) is 20.5 Å². The maximum atomic E-state index is 4.81. The van der Waals surface area contributed by atoms with Gasteiger partial charge in [-0.15, -0.1) is 0 Å². The zero-order valence-corrected chi connectivity index (χ0v) is 47.7. The van der Waals surface area contributed by atoms with Crippen LogP contribution in [-0.2, 0) is 16.2 Å². The summed E-state index contributed by atoms with van der Waals surface area (Å²) in [7, 11) is 0. The van der Waals surface area contributed by atoms with E-state index in [0.717, 1.165) is 28.2 Å². The van der Waals surface area contributed by atoms with Gasteiger partial charge in [0.25, 0.3) is 0 Å². The van der Waals surface area contributed by atoms with E-state index in [2.05, 4.69) is 232 Å². The largest absolute Gasteiger partial charge is 0.366 e. The highest BCUT2D eigenvalue weighted by atomic mass is 15.3. The summed E-state index contributed by atoms with van der Waals surface area (Å²) >= 11 is 0. The first-order valence-electron chi connectivity index (χ1n) is 30.3. The lowest BCUT2D eigenvalue weighted by Crippen LogP contribution is -2.30. The number of nitrogens with zero attached hydrogens (tertiary/aromatic N) is 3. The first-order chi connectivity index (χ1) is 39.2. The lowest BCUT2D eigenvalue weighted by atomic mass is 9.66. The van der Waals surface area contributed by atoms with E-state index in [4.69, 9.17) is 10.1 Å². The average Bonchev–Trinajstić information content (AvgIpc) is 4.45. The summed E-state index contributed by atoms with van der Waals surface area (Å²) < 4.78 is 0. The summed E-state index contributed by atoms with van der Waals surface area (Å²) in [6, 6.07) is 65.8. The maximum absolute atomic E-state index is 4.81. The van der Waals surface area contributed by atoms with Crippen LogP contribution in [0, 0.1) is 0 Å². The Labute approximate surface area is 475 Å². The first-order valence-corrected chi connectivity index (χ1v) is 30.3. The molecule has 7 aromatic carbocycles. The van der Waals surface area contributed by atoms with Crippen molar-refractivity contribution in [3.05, 3.63) is 233 Å². The highest BCUT2D eigenvalue weighted by Gasteiger charge is 2.50. The number of aromatic amines is 1. The zero-order chi connectivity index (χ0) is 54.4. The Morgan fingerprint density at radius 3 is 1.70 bits per heavy atom. The van der Waals surface area contributed by atoms with Crippen molar-refractivity contribution in [1.29, 1.82) is 0 Å². The molecule has 5 heteroatoms. The van der Waals surface area contributed by atoms with Crippen molar-refractivity contribution in [3.63, 3.8) is 0 Å². The normalized spacial score (nSPS) is 16.8. The molecule has 0 amide bonds. The molecule has 13 rings (SSSR count). The minimum Gasteiger partial charge on any atom is -0.366 e. The third-order valence-corrected chi connectivity index (χ3v) is 18.6. The van der Waals surface area contributed by atoms with Gasteiger partial charge in [0.1, 0.15) is 11.9 Å². The summed E-state index contributed by atoms with van der Waals surface area (Å²) in [4.78, 5) is 7.18. The number of rotatable bonds is 19. The highest BCUT2D eigenvalue weighted by Crippen LogP contribution is 2.62. The van der Waals surface area contributed by atoms with Crippen LogP contribution in [0.3, 0.4) is 0 Å². The molecule has 4 aliphatic rings. The molecular formula is C75H77N5. The molecule has 2 aliphatic carbocycles. The molecule has 0 saturated heterocycles. The van der Waals surface area contributed by atoms with Crippen molar-refractivity contribution in [2.24, 2.45) is 0 Å². The number of hydrogen-bond acceptors (Lipinski definition) is 4. The van der Waals surface area contributed by atoms with Crippen LogP contribution in [-0.4, -0.2) is 15.2 Å². The quantitative estimate of drug-likeness (QED) is 0.0793. The van der Waals surface area contributed by atoms with E-state index in [1.807, 2.05) is 6.20 Å². The zero-order valence-electron chi connectivity index (χ0n) is 47.7. The number of H-pyrrole nitrogens is 1. The second-order valence-corrected chi connectivity index (χ2v) is 24.5. The van der Waals surface area contributed by atoms with Crippen LogP contribution >= 0.6 is 0 Å². The molecule has 0 saturated carbocycles. The molecule has 2 unspecified atom stereocenters. The van der Waals surface area contributed by atoms with Crippen LogP contribution in [0.1, 0.15) is 175 Å². The minimum absolute atomic E-state index is 0.0224. The topological polar surface area (TPSA) is 56.8 Å². The molecule has 0 fully saturated rings. The first kappa shape index (κ1) is 51.7. The molecule has 0 radical (unpaired) electrons. The van der Waals surface area contributed by atoms with Crippen LogP contribution < -0.4 is 10.2 Å². The molecular weight excluding hydrogens is 971 g/mol. The molecule has 4 heterocycles. The Bertz CT molecular complexity index is 3720. The Kier molecular flexibility index (Phi) is 13.8. The van der Waals surface area contributed by atoms with Crippen molar-refractivity contribution in [2.75, 3.05) is 4.90 Å². The number of anilines is 1. The van der Waals surface area contributed by atoms with Gasteiger partial charge in [-0.3, -0.25) is 10.1 Å². The molecule has 80 heavy (non-hydrogen) atoms. The van der Waals surface area contributed by atoms with Gasteiger partial charge in [0.05, 0.1) is 16.8 Å². The predicted molar refractivity (Wildman–Crippen MR) is 334 cm³/mol. The van der Waals surface area contributed by atoms with Gasteiger partial charge >= 0.3 is 0 Å². The van der Waals surface area contributed by atoms with Gasteiger partial charge < -0.3 is 10.2 Å². The van der Waals surface area contributed by atoms with Gasteiger partial charge in [0.15, 0.2) is 0 Å². The van der Waals surface area contributed by atoms with Crippen LogP contribution in [0.5, 0.6) is 0 Å². The number of benzene rings is 7. The molecule has 2 N–H and O–H groups in total. The van der Waals surface area contributed by atoms with Gasteiger partial charge in [-0.2, -0.15) is 5.10 Å². The Hall–Kier alpha value is -7.76. The second kappa shape index (κ2) is 21.4. The van der Waals surface area contributed by atoms with Crippen LogP contribution in [0.2, 0.25) is 0 Å². The lowest BCUT2D eigenvalue weighted by molar-refractivity contribution is 0.398. The van der Waals surface area contributed by atoms with E-state index in [9.17, 15) is 0 Å². The minimum atomic E-state index is -0.600. The third-order valence-electron chi connectivity index (χ3n) is 18.6. The fourth-order valence-electron chi connectivity index (χ4n) is 14.5. The average molecular weight is 1050 g/mol. The van der Waals surface area contributed by atoms with Crippen molar-refractivity contribution in [2.45, 2.75) is 147 Å². The van der Waals surface area contributed by atoms with Crippen LogP contribution in [0.4, 0.5) is 5.69 Å². The summed E-state index contributed by atoms with van der Waals surface area (Å²) in [6.45, 7) is 11.3. The van der Waals surface area contributed by atoms with Gasteiger partial charge in [-0.25, -0.2) is 0 Å². The Balaban J connectivity index is 0.958. The molecule has 9 aromatic rings. The maximum Gasteiger partial charge on any atom is 0.130 e. The third kappa shape index (κ3) is 8.83. The van der Waals surface area contributed by atoms with E-state index in [1.165, 1.54) is 168 Å². The van der Waals surface area contributed by atoms with Gasteiger partial charge in [-0.05, 0) is 139 Å². The fraction of sp³-hybridized carbons (Fsp3) is 0.307. The molecule has 5 nitrogen and oxygen atoms in total. The molecule has 2 aromatic heterocycles. The van der Waals surface area contributed by atoms with Gasteiger partial charge in [0.2, 0.25) is 0 Å². The van der Waals surface area contributed by atoms with Crippen molar-refractivity contribution >= 4 is 5.69 Å². The number of unbranched alkanes of at least 4 members (excludes halogenated alkanes) is 10. The molecule has 2 atom stereocenters. The van der Waals surface area contributed by atoms with Crippen molar-refractivity contribution < 1.29 is 0 Å². The monoisotopic (exact) mass is 1050 g/mol. The number of nitrogens with one attached hydrogen (secondary N) is 2. The summed E-state index contributed by atoms with van der Waals surface area (Å²) in [5.74, 6) is 0. The summed E-state index contributed by atoms with van der Waals surface area (Å²) in [6.07, 6.45) is 24.3. The van der Waals surface area contributed by atoms with Gasteiger partial charge in [0, 0.05) is 46.2 Å². The highest BCUT2D eigenvalue weighted by molar-refractivity contribution is 5.94. The van der Waals surface area contributed by atoms with E-state index >= 15 is 0 Å². The van der Waals surface area contributed by atoms with E-state index < -0.39 is 5.41 Å². The van der Waals surface area contributed by atoms with Crippen LogP contribution in [0.25, 0.3) is 67.0 Å². The van der Waals surface area contributed by atoms with E-state index in [0.29, 0.717) is 0 Å². The Morgan fingerprint density at radius 2 is 1.04 bits per heavy atom. The van der Waals surface area contributed by atoms with Crippen LogP contribution in [0.15, 0.2) is 188 Å². The lowest BCUT2D eigenvalue weighted by Gasteiger charge is -2.35. The van der Waals surface area contributed by atoms with Gasteiger partial charge in [-0.1, -0.05) is 239 Å². The Morgan fingerprint density at radius 1 is 0.475 bits per heavy atom. The standard InChI is InChI=1S/C75H77N5/c1-6-8-10-12-14-22-41-74(42-23-15-13-11-9-7-2)64-28-20-18-25-58(64)61-49-67-62(48-66(61)74)59-26-19-21-29-65(59)75(67,56-37-32-52(33-38-56)54-40-43-76-68(47-54)69-50-71(79-78-69)73(3,4)5)55-35-30-51(31-36-55)53-34-39-70-63(46-53)57-24-16-17-27-60(57)72-77-44-45-80(70)72/h16-21,24-40,43-50,72,77H,6-15,22-23,41-42H2,1-5H3,(H,78,79). The van der Waals surface area contributed by atoms with Crippen molar-refractivity contribution in [3.8, 4) is 67.0 Å².